The standard InChI is InChI=1S/C18H16F3N3O2/c1-23(10-12-9-22-24(2)11-12)17(25)16-7-6-15(26-16)13-4-3-5-14(8-13)18(19,20)21/h3-9,11H,10H2,1-2H3. The number of carbonyl (C=O) groups is 1. The number of aryl methyl sites for hydroxylation is 1. The molecule has 2 aromatic heterocycles. The van der Waals surface area contributed by atoms with Crippen LogP contribution in [0.25, 0.3) is 11.3 Å². The molecule has 0 saturated carbocycles. The minimum atomic E-state index is -4.44. The zero-order chi connectivity index (χ0) is 18.9. The van der Waals surface area contributed by atoms with Gasteiger partial charge < -0.3 is 9.32 Å². The molecule has 0 aliphatic carbocycles. The van der Waals surface area contributed by atoms with Crippen molar-refractivity contribution < 1.29 is 22.4 Å². The Morgan fingerprint density at radius 3 is 2.69 bits per heavy atom. The van der Waals surface area contributed by atoms with E-state index in [-0.39, 0.29) is 23.0 Å². The van der Waals surface area contributed by atoms with Crippen LogP contribution in [0, 0.1) is 0 Å². The second-order valence-electron chi connectivity index (χ2n) is 5.93. The lowest BCUT2D eigenvalue weighted by atomic mass is 10.1. The molecule has 0 N–H and O–H groups in total. The first-order chi connectivity index (χ1) is 12.2. The SMILES string of the molecule is CN(Cc1cnn(C)c1)C(=O)c1ccc(-c2cccc(C(F)(F)F)c2)o1. The maximum Gasteiger partial charge on any atom is 0.416 e. The number of nitrogens with zero attached hydrogens (tertiary/aromatic N) is 3. The van der Waals surface area contributed by atoms with Crippen LogP contribution in [-0.2, 0) is 19.8 Å². The summed E-state index contributed by atoms with van der Waals surface area (Å²) in [6, 6.07) is 7.73. The first-order valence-corrected chi connectivity index (χ1v) is 7.74. The third-order valence-electron chi connectivity index (χ3n) is 3.82. The fraction of sp³-hybridized carbons (Fsp3) is 0.222. The summed E-state index contributed by atoms with van der Waals surface area (Å²) in [5, 5.41) is 4.04. The summed E-state index contributed by atoms with van der Waals surface area (Å²) in [6.07, 6.45) is -0.995. The van der Waals surface area contributed by atoms with Crippen molar-refractivity contribution in [3.05, 3.63) is 65.7 Å². The average molecular weight is 363 g/mol. The molecule has 136 valence electrons. The van der Waals surface area contributed by atoms with E-state index < -0.39 is 11.7 Å². The lowest BCUT2D eigenvalue weighted by Gasteiger charge is -2.14. The Morgan fingerprint density at radius 1 is 1.27 bits per heavy atom. The third kappa shape index (κ3) is 3.79. The highest BCUT2D eigenvalue weighted by molar-refractivity contribution is 5.91. The smallest absolute Gasteiger partial charge is 0.416 e. The van der Waals surface area contributed by atoms with Gasteiger partial charge in [-0.1, -0.05) is 12.1 Å². The van der Waals surface area contributed by atoms with Gasteiger partial charge in [0.25, 0.3) is 5.91 Å². The van der Waals surface area contributed by atoms with Gasteiger partial charge >= 0.3 is 6.18 Å². The van der Waals surface area contributed by atoms with Gasteiger partial charge in [-0.2, -0.15) is 18.3 Å². The predicted molar refractivity (Wildman–Crippen MR) is 88.2 cm³/mol. The van der Waals surface area contributed by atoms with E-state index in [1.54, 1.807) is 31.2 Å². The molecule has 0 spiro atoms. The lowest BCUT2D eigenvalue weighted by Crippen LogP contribution is -2.25. The first-order valence-electron chi connectivity index (χ1n) is 7.74. The molecule has 0 radical (unpaired) electrons. The Kier molecular flexibility index (Phi) is 4.58. The molecule has 0 fully saturated rings. The highest BCUT2D eigenvalue weighted by atomic mass is 19.4. The molecule has 2 heterocycles. The van der Waals surface area contributed by atoms with E-state index in [0.29, 0.717) is 6.54 Å². The van der Waals surface area contributed by atoms with Crippen LogP contribution in [0.5, 0.6) is 0 Å². The molecule has 0 bridgehead atoms. The van der Waals surface area contributed by atoms with Crippen molar-refractivity contribution in [3.63, 3.8) is 0 Å². The average Bonchev–Trinajstić information content (AvgIpc) is 3.23. The normalized spacial score (nSPS) is 11.6. The summed E-state index contributed by atoms with van der Waals surface area (Å²) in [6.45, 7) is 0.340. The van der Waals surface area contributed by atoms with Crippen LogP contribution >= 0.6 is 0 Å². The molecule has 3 rings (SSSR count). The second kappa shape index (κ2) is 6.70. The van der Waals surface area contributed by atoms with Crippen molar-refractivity contribution in [3.8, 4) is 11.3 Å². The molecule has 1 aromatic carbocycles. The number of carbonyl (C=O) groups excluding carboxylic acids is 1. The Balaban J connectivity index is 1.78. The number of hydrogen-bond donors (Lipinski definition) is 0. The molecule has 0 atom stereocenters. The largest absolute Gasteiger partial charge is 0.451 e. The zero-order valence-corrected chi connectivity index (χ0v) is 14.1. The van der Waals surface area contributed by atoms with Gasteiger partial charge in [0.15, 0.2) is 5.76 Å². The van der Waals surface area contributed by atoms with Crippen LogP contribution in [0.15, 0.2) is 53.2 Å². The number of amides is 1. The monoisotopic (exact) mass is 363 g/mol. The van der Waals surface area contributed by atoms with Crippen molar-refractivity contribution in [2.24, 2.45) is 7.05 Å². The number of alkyl halides is 3. The van der Waals surface area contributed by atoms with Gasteiger partial charge in [0.1, 0.15) is 5.76 Å². The molecule has 5 nitrogen and oxygen atoms in total. The van der Waals surface area contributed by atoms with Crippen molar-refractivity contribution in [2.75, 3.05) is 7.05 Å². The highest BCUT2D eigenvalue weighted by Crippen LogP contribution is 2.32. The number of halogens is 3. The Hall–Kier alpha value is -3.03. The van der Waals surface area contributed by atoms with Crippen LogP contribution in [0.2, 0.25) is 0 Å². The Labute approximate surface area is 147 Å². The summed E-state index contributed by atoms with van der Waals surface area (Å²) < 4.78 is 45.6. The van der Waals surface area contributed by atoms with Crippen LogP contribution in [-0.4, -0.2) is 27.6 Å². The quantitative estimate of drug-likeness (QED) is 0.705. The molecule has 3 aromatic rings. The van der Waals surface area contributed by atoms with Gasteiger partial charge in [-0.3, -0.25) is 9.48 Å². The van der Waals surface area contributed by atoms with Gasteiger partial charge in [-0.15, -0.1) is 0 Å². The van der Waals surface area contributed by atoms with Gasteiger partial charge in [0.05, 0.1) is 11.8 Å². The minimum absolute atomic E-state index is 0.0591. The summed E-state index contributed by atoms with van der Waals surface area (Å²) in [7, 11) is 3.39. The number of aromatic nitrogens is 2. The molecule has 8 heteroatoms. The molecule has 0 aliphatic rings. The van der Waals surface area contributed by atoms with E-state index in [0.717, 1.165) is 17.7 Å². The number of rotatable bonds is 4. The molecule has 0 saturated heterocycles. The van der Waals surface area contributed by atoms with Crippen molar-refractivity contribution in [1.82, 2.24) is 14.7 Å². The predicted octanol–water partition coefficient (Wildman–Crippen LogP) is 3.97. The molecule has 26 heavy (non-hydrogen) atoms. The molecule has 0 aliphatic heterocycles. The van der Waals surface area contributed by atoms with Crippen molar-refractivity contribution in [1.29, 1.82) is 0 Å². The first kappa shape index (κ1) is 17.8. The molecular formula is C18H16F3N3O2. The molecular weight excluding hydrogens is 347 g/mol. The van der Waals surface area contributed by atoms with Crippen LogP contribution in [0.1, 0.15) is 21.7 Å². The molecule has 1 amide bonds. The summed E-state index contributed by atoms with van der Waals surface area (Å²) in [5.74, 6) is -0.106. The van der Waals surface area contributed by atoms with Gasteiger partial charge in [-0.05, 0) is 24.3 Å². The van der Waals surface area contributed by atoms with E-state index in [1.165, 1.54) is 29.2 Å². The number of benzene rings is 1. The summed E-state index contributed by atoms with van der Waals surface area (Å²) in [5.41, 5.74) is 0.342. The topological polar surface area (TPSA) is 51.3 Å². The Morgan fingerprint density at radius 2 is 2.04 bits per heavy atom. The van der Waals surface area contributed by atoms with E-state index in [1.807, 2.05) is 0 Å². The van der Waals surface area contributed by atoms with Gasteiger partial charge in [-0.25, -0.2) is 0 Å². The van der Waals surface area contributed by atoms with E-state index in [4.69, 9.17) is 4.42 Å². The lowest BCUT2D eigenvalue weighted by molar-refractivity contribution is -0.137. The minimum Gasteiger partial charge on any atom is -0.451 e. The fourth-order valence-electron chi connectivity index (χ4n) is 2.54. The summed E-state index contributed by atoms with van der Waals surface area (Å²) in [4.78, 5) is 13.9. The second-order valence-corrected chi connectivity index (χ2v) is 5.93. The summed E-state index contributed by atoms with van der Waals surface area (Å²) >= 11 is 0. The van der Waals surface area contributed by atoms with E-state index in [2.05, 4.69) is 5.10 Å². The zero-order valence-electron chi connectivity index (χ0n) is 14.1. The maximum atomic E-state index is 12.8. The maximum absolute atomic E-state index is 12.8. The van der Waals surface area contributed by atoms with Crippen LogP contribution in [0.4, 0.5) is 13.2 Å². The van der Waals surface area contributed by atoms with E-state index in [9.17, 15) is 18.0 Å². The van der Waals surface area contributed by atoms with Gasteiger partial charge in [0, 0.05) is 38.0 Å². The Bertz CT molecular complexity index is 928. The number of furan rings is 1. The molecule has 0 unspecified atom stereocenters. The van der Waals surface area contributed by atoms with Crippen LogP contribution < -0.4 is 0 Å². The highest BCUT2D eigenvalue weighted by Gasteiger charge is 2.30. The van der Waals surface area contributed by atoms with E-state index >= 15 is 0 Å². The van der Waals surface area contributed by atoms with Crippen LogP contribution in [0.3, 0.4) is 0 Å². The van der Waals surface area contributed by atoms with Crippen molar-refractivity contribution >= 4 is 5.91 Å². The van der Waals surface area contributed by atoms with Gasteiger partial charge in [0.2, 0.25) is 0 Å². The number of hydrogen-bond acceptors (Lipinski definition) is 3. The third-order valence-corrected chi connectivity index (χ3v) is 3.82. The van der Waals surface area contributed by atoms with Crippen molar-refractivity contribution in [2.45, 2.75) is 12.7 Å². The fourth-order valence-corrected chi connectivity index (χ4v) is 2.54.